The summed E-state index contributed by atoms with van der Waals surface area (Å²) in [5, 5.41) is 3.81. The molecule has 0 saturated heterocycles. The fraction of sp³-hybridized carbons (Fsp3) is 0.176. The largest absolute Gasteiger partial charge is 0.360 e. The van der Waals surface area contributed by atoms with Crippen molar-refractivity contribution in [1.82, 2.24) is 14.5 Å². The van der Waals surface area contributed by atoms with Crippen LogP contribution in [0.15, 0.2) is 140 Å². The van der Waals surface area contributed by atoms with Crippen LogP contribution in [0.1, 0.15) is 34.7 Å². The number of hydrogen-bond acceptors (Lipinski definition) is 3. The van der Waals surface area contributed by atoms with E-state index in [-0.39, 0.29) is 25.9 Å². The normalized spacial score (nSPS) is 12.5. The second-order valence-corrected chi connectivity index (χ2v) is 22.1. The van der Waals surface area contributed by atoms with Crippen molar-refractivity contribution in [1.29, 1.82) is 0 Å². The Bertz CT molecular complexity index is 2940. The van der Waals surface area contributed by atoms with E-state index in [1.54, 1.807) is 29.5 Å². The molecule has 0 spiro atoms. The number of nitrogens with zero attached hydrogens (tertiary/aromatic N) is 3. The quantitative estimate of drug-likeness (QED) is 0.112. The summed E-state index contributed by atoms with van der Waals surface area (Å²) in [6.45, 7) is 10.0. The first-order valence-corrected chi connectivity index (χ1v) is 23.7. The summed E-state index contributed by atoms with van der Waals surface area (Å²) in [4.78, 5) is 9.50. The van der Waals surface area contributed by atoms with Gasteiger partial charge in [0.25, 0.3) is 0 Å². The third kappa shape index (κ3) is 8.99. The van der Waals surface area contributed by atoms with E-state index in [1.807, 2.05) is 36.5 Å². The third-order valence-electron chi connectivity index (χ3n) is 10.2. The van der Waals surface area contributed by atoms with Crippen molar-refractivity contribution in [3.8, 4) is 33.8 Å². The molecule has 0 atom stereocenters. The van der Waals surface area contributed by atoms with Crippen molar-refractivity contribution < 1.29 is 28.6 Å². The van der Waals surface area contributed by atoms with E-state index in [2.05, 4.69) is 128 Å². The predicted octanol–water partition coefficient (Wildman–Crippen LogP) is 13.3. The van der Waals surface area contributed by atoms with Crippen LogP contribution >= 0.6 is 11.3 Å². The van der Waals surface area contributed by atoms with E-state index in [9.17, 15) is 4.39 Å². The predicted molar refractivity (Wildman–Crippen MR) is 243 cm³/mol. The fourth-order valence-electron chi connectivity index (χ4n) is 7.41. The number of aromatic nitrogens is 3. The van der Waals surface area contributed by atoms with Crippen LogP contribution in [0.5, 0.6) is 0 Å². The molecule has 1 radical (unpaired) electrons. The molecule has 0 amide bonds. The number of rotatable bonds is 8. The number of pyridine rings is 1. The summed E-state index contributed by atoms with van der Waals surface area (Å²) < 4.78 is 41.0. The first kappa shape index (κ1) is 37.2. The number of benzene rings is 6. The SMILES string of the molecule is Fc1ccc2c(c1)nc(-c1[c-]cc3sc4cc(-c5ccccc5)ccc4c3c1)n2Cc1ccccc1.[2H]C([2H])([2H])c1c[c-]c(-c2cc(CC(C)C)c([Si](C)(C)C)cn2)cc1.[Ir]. The number of fused-ring (bicyclic) bond motifs is 4. The van der Waals surface area contributed by atoms with Crippen molar-refractivity contribution in [3.63, 3.8) is 0 Å². The number of halogens is 1. The van der Waals surface area contributed by atoms with Gasteiger partial charge in [-0.2, -0.15) is 11.3 Å². The molecule has 0 aliphatic carbocycles. The zero-order chi connectivity index (χ0) is 42.2. The fourth-order valence-corrected chi connectivity index (χ4v) is 10.1. The van der Waals surface area contributed by atoms with Crippen LogP contribution in [0.4, 0.5) is 4.39 Å². The van der Waals surface area contributed by atoms with Crippen LogP contribution in [-0.4, -0.2) is 22.6 Å². The first-order valence-electron chi connectivity index (χ1n) is 20.9. The maximum absolute atomic E-state index is 14.0. The van der Waals surface area contributed by atoms with E-state index >= 15 is 0 Å². The van der Waals surface area contributed by atoms with E-state index in [0.29, 0.717) is 23.5 Å². The molecule has 293 valence electrons. The van der Waals surface area contributed by atoms with E-state index in [4.69, 9.17) is 9.10 Å². The molecule has 0 unspecified atom stereocenters. The Balaban J connectivity index is 0.000000197. The molecular formula is C51H46FIrN3SSi-2. The summed E-state index contributed by atoms with van der Waals surface area (Å²) in [7, 11) is -1.45. The maximum atomic E-state index is 14.0. The van der Waals surface area contributed by atoms with Gasteiger partial charge in [-0.3, -0.25) is 4.98 Å². The van der Waals surface area contributed by atoms with Gasteiger partial charge >= 0.3 is 0 Å². The second kappa shape index (κ2) is 17.4. The van der Waals surface area contributed by atoms with Crippen molar-refractivity contribution in [2.75, 3.05) is 0 Å². The van der Waals surface area contributed by atoms with Crippen LogP contribution in [0.25, 0.3) is 65.0 Å². The van der Waals surface area contributed by atoms with E-state index in [1.165, 1.54) is 54.2 Å². The van der Waals surface area contributed by atoms with Crippen LogP contribution < -0.4 is 5.19 Å². The van der Waals surface area contributed by atoms with Gasteiger partial charge in [0, 0.05) is 47.7 Å². The average Bonchev–Trinajstić information content (AvgIpc) is 3.77. The molecule has 9 rings (SSSR count). The Hall–Kier alpha value is -5.04. The number of aryl methyl sites for hydroxylation is 1. The Labute approximate surface area is 364 Å². The molecule has 58 heavy (non-hydrogen) atoms. The molecule has 0 aliphatic heterocycles. The van der Waals surface area contributed by atoms with Crippen LogP contribution in [-0.2, 0) is 33.1 Å². The Morgan fingerprint density at radius 3 is 2.24 bits per heavy atom. The topological polar surface area (TPSA) is 30.7 Å². The zero-order valence-corrected chi connectivity index (χ0v) is 37.4. The molecule has 3 aromatic heterocycles. The Morgan fingerprint density at radius 2 is 1.53 bits per heavy atom. The summed E-state index contributed by atoms with van der Waals surface area (Å²) in [6, 6.07) is 50.2. The Kier molecular flexibility index (Phi) is 11.2. The van der Waals surface area contributed by atoms with Gasteiger partial charge in [-0.25, -0.2) is 4.39 Å². The molecule has 9 aromatic rings. The molecular weight excluding hydrogens is 926 g/mol. The van der Waals surface area contributed by atoms with Gasteiger partial charge in [-0.1, -0.05) is 130 Å². The molecule has 3 nitrogen and oxygen atoms in total. The average molecular weight is 975 g/mol. The molecule has 0 aliphatic rings. The molecule has 7 heteroatoms. The summed E-state index contributed by atoms with van der Waals surface area (Å²) in [5.41, 5.74) is 9.44. The van der Waals surface area contributed by atoms with Crippen LogP contribution in [0.2, 0.25) is 19.6 Å². The van der Waals surface area contributed by atoms with Gasteiger partial charge in [0.2, 0.25) is 0 Å². The second-order valence-electron chi connectivity index (χ2n) is 16.0. The summed E-state index contributed by atoms with van der Waals surface area (Å²) in [6.07, 6.45) is 3.05. The number of imidazole rings is 1. The van der Waals surface area contributed by atoms with Gasteiger partial charge in [0.1, 0.15) is 5.82 Å². The Morgan fingerprint density at radius 1 is 0.776 bits per heavy atom. The first-order chi connectivity index (χ1) is 28.7. The molecule has 0 bridgehead atoms. The van der Waals surface area contributed by atoms with E-state index in [0.717, 1.165) is 40.1 Å². The molecule has 6 aromatic carbocycles. The monoisotopic (exact) mass is 975 g/mol. The van der Waals surface area contributed by atoms with Gasteiger partial charge in [0.05, 0.1) is 24.9 Å². The maximum Gasteiger partial charge on any atom is 0.125 e. The zero-order valence-electron chi connectivity index (χ0n) is 36.2. The molecule has 0 N–H and O–H groups in total. The van der Waals surface area contributed by atoms with Crippen LogP contribution in [0.3, 0.4) is 0 Å². The minimum Gasteiger partial charge on any atom is -0.360 e. The van der Waals surface area contributed by atoms with Crippen molar-refractivity contribution in [2.45, 2.75) is 53.3 Å². The smallest absolute Gasteiger partial charge is 0.125 e. The summed E-state index contributed by atoms with van der Waals surface area (Å²) in [5.74, 6) is 1.09. The molecule has 0 fully saturated rings. The number of hydrogen-bond donors (Lipinski definition) is 0. The molecule has 3 heterocycles. The van der Waals surface area contributed by atoms with E-state index < -0.39 is 14.9 Å². The van der Waals surface area contributed by atoms with Gasteiger partial charge in [-0.05, 0) is 68.2 Å². The molecule has 0 saturated carbocycles. The van der Waals surface area contributed by atoms with Crippen molar-refractivity contribution in [2.24, 2.45) is 5.92 Å². The van der Waals surface area contributed by atoms with Crippen molar-refractivity contribution in [3.05, 3.63) is 174 Å². The third-order valence-corrected chi connectivity index (χ3v) is 13.3. The summed E-state index contributed by atoms with van der Waals surface area (Å²) >= 11 is 1.78. The standard InChI is InChI=1S/C32H20FN2S.C19H26NSi.Ir/c33-25-13-15-29-28(19-25)34-32(35(29)20-21-7-3-1-4-8-21)24-12-16-30-27(17-24)26-14-11-23(18-31(26)36-30)22-9-5-2-6-10-22;1-14(2)11-17-12-18(16-9-7-15(3)8-10-16)20-13-19(17)21(4,5)6;/h1-11,13-19H,20H2;7-9,12-14H,11H2,1-6H3;/q2*-1;/i;3D3;. The number of thiophene rings is 1. The van der Waals surface area contributed by atoms with Crippen LogP contribution in [0, 0.1) is 30.7 Å². The van der Waals surface area contributed by atoms with Crippen molar-refractivity contribution >= 4 is 55.8 Å². The minimum atomic E-state index is -2.09. The van der Waals surface area contributed by atoms with Gasteiger partial charge in [-0.15, -0.1) is 59.2 Å². The minimum absolute atomic E-state index is 0. The van der Waals surface area contributed by atoms with Gasteiger partial charge in [0.15, 0.2) is 0 Å². The van der Waals surface area contributed by atoms with Gasteiger partial charge < -0.3 is 9.55 Å².